The van der Waals surface area contributed by atoms with Gasteiger partial charge in [0.25, 0.3) is 12.9 Å². The highest BCUT2D eigenvalue weighted by Gasteiger charge is 2.31. The van der Waals surface area contributed by atoms with Gasteiger partial charge >= 0.3 is 12.2 Å². The van der Waals surface area contributed by atoms with Crippen molar-refractivity contribution in [3.63, 3.8) is 0 Å². The van der Waals surface area contributed by atoms with Gasteiger partial charge in [-0.1, -0.05) is 6.07 Å². The molecule has 39 heavy (non-hydrogen) atoms. The average molecular weight is 547 g/mol. The number of fused-ring (bicyclic) bond motifs is 2. The lowest BCUT2D eigenvalue weighted by molar-refractivity contribution is -0.185. The number of hydrogen-bond donors (Lipinski definition) is 1. The molecule has 0 spiro atoms. The zero-order valence-corrected chi connectivity index (χ0v) is 21.2. The molecule has 0 saturated carbocycles. The Morgan fingerprint density at radius 2 is 1.92 bits per heavy atom. The number of nitrogen functional groups attached to an aromatic ring is 1. The number of piperidine rings is 1. The molecule has 5 heterocycles. The summed E-state index contributed by atoms with van der Waals surface area (Å²) in [5, 5.41) is 5.40. The van der Waals surface area contributed by atoms with E-state index in [1.807, 2.05) is 40.7 Å². The highest BCUT2D eigenvalue weighted by atomic mass is 32.1. The molecule has 1 fully saturated rings. The molecule has 13 heteroatoms. The van der Waals surface area contributed by atoms with Crippen molar-refractivity contribution >= 4 is 57.2 Å². The molecule has 2 N–H and O–H groups in total. The van der Waals surface area contributed by atoms with Gasteiger partial charge in [-0.3, -0.25) is 19.1 Å². The van der Waals surface area contributed by atoms with Gasteiger partial charge in [0, 0.05) is 47.6 Å². The van der Waals surface area contributed by atoms with Crippen molar-refractivity contribution in [2.45, 2.75) is 25.2 Å². The SMILES string of the molecule is Nc1ncc(-c2cnn(C3CCN(C(=O)C(OC=O)OC=O)CC3)c2)c2cc(-c3cccc4scnc34)oc12. The van der Waals surface area contributed by atoms with E-state index in [0.717, 1.165) is 32.3 Å². The van der Waals surface area contributed by atoms with Crippen LogP contribution in [0.5, 0.6) is 0 Å². The Labute approximate surface area is 224 Å². The van der Waals surface area contributed by atoms with Gasteiger partial charge in [0.2, 0.25) is 0 Å². The Morgan fingerprint density at radius 3 is 2.69 bits per heavy atom. The predicted octanol–water partition coefficient (Wildman–Crippen LogP) is 3.39. The number of thiazole rings is 1. The molecule has 198 valence electrons. The molecule has 0 radical (unpaired) electrons. The number of pyridine rings is 1. The summed E-state index contributed by atoms with van der Waals surface area (Å²) in [6.07, 6.45) is 5.08. The van der Waals surface area contributed by atoms with E-state index in [4.69, 9.17) is 10.2 Å². The maximum atomic E-state index is 12.5. The van der Waals surface area contributed by atoms with Crippen LogP contribution in [0.4, 0.5) is 5.82 Å². The van der Waals surface area contributed by atoms with Crippen molar-refractivity contribution in [2.24, 2.45) is 0 Å². The number of anilines is 1. The fraction of sp³-hybridized carbons (Fsp3) is 0.231. The first kappa shape index (κ1) is 24.6. The van der Waals surface area contributed by atoms with Crippen LogP contribution in [0.2, 0.25) is 0 Å². The molecule has 1 aliphatic heterocycles. The Balaban J connectivity index is 1.24. The number of furan rings is 1. The van der Waals surface area contributed by atoms with Crippen LogP contribution in [0.25, 0.3) is 43.6 Å². The number of aromatic nitrogens is 4. The van der Waals surface area contributed by atoms with Gasteiger partial charge in [-0.2, -0.15) is 5.10 Å². The number of ether oxygens (including phenoxy) is 2. The zero-order chi connectivity index (χ0) is 26.9. The number of carbonyl (C=O) groups excluding carboxylic acids is 3. The summed E-state index contributed by atoms with van der Waals surface area (Å²) in [6.45, 7) is 0.937. The van der Waals surface area contributed by atoms with Gasteiger partial charge in [-0.15, -0.1) is 11.3 Å². The van der Waals surface area contributed by atoms with Gasteiger partial charge in [0.05, 0.1) is 28.0 Å². The largest absolute Gasteiger partial charge is 0.452 e. The first-order valence-corrected chi connectivity index (χ1v) is 13.0. The summed E-state index contributed by atoms with van der Waals surface area (Å²) >= 11 is 1.57. The average Bonchev–Trinajstić information content (AvgIpc) is 3.73. The number of nitrogens with zero attached hydrogens (tertiary/aromatic N) is 5. The number of nitrogens with two attached hydrogens (primary N) is 1. The van der Waals surface area contributed by atoms with Crippen LogP contribution in [0.3, 0.4) is 0 Å². The van der Waals surface area contributed by atoms with Gasteiger partial charge in [0.1, 0.15) is 5.76 Å². The number of hydrogen-bond acceptors (Lipinski definition) is 11. The lowest BCUT2D eigenvalue weighted by atomic mass is 10.0. The second-order valence-electron chi connectivity index (χ2n) is 8.98. The van der Waals surface area contributed by atoms with Crippen molar-refractivity contribution in [1.82, 2.24) is 24.6 Å². The minimum atomic E-state index is -1.57. The minimum absolute atomic E-state index is 0.0413. The third kappa shape index (κ3) is 4.46. The van der Waals surface area contributed by atoms with Crippen LogP contribution >= 0.6 is 11.3 Å². The van der Waals surface area contributed by atoms with Gasteiger partial charge in [-0.05, 0) is 31.0 Å². The molecule has 12 nitrogen and oxygen atoms in total. The normalized spacial score (nSPS) is 14.2. The topological polar surface area (TPSA) is 156 Å². The number of benzene rings is 1. The van der Waals surface area contributed by atoms with Crippen molar-refractivity contribution in [2.75, 3.05) is 18.8 Å². The molecule has 1 aromatic carbocycles. The Morgan fingerprint density at radius 1 is 1.13 bits per heavy atom. The van der Waals surface area contributed by atoms with E-state index in [2.05, 4.69) is 24.5 Å². The number of likely N-dealkylation sites (tertiary alicyclic amines) is 1. The molecule has 6 rings (SSSR count). The van der Waals surface area contributed by atoms with Crippen molar-refractivity contribution in [1.29, 1.82) is 0 Å². The lowest BCUT2D eigenvalue weighted by Gasteiger charge is -2.33. The quantitative estimate of drug-likeness (QED) is 0.226. The maximum absolute atomic E-state index is 12.5. The van der Waals surface area contributed by atoms with E-state index in [1.165, 1.54) is 4.90 Å². The standard InChI is InChI=1S/C26H22N6O6S/c27-24-23-18(8-20(38-23)17-2-1-3-21-22(17)29-12-39-21)19(10-28-24)15-9-30-32(11-15)16-4-6-31(7-5-16)25(35)26(36-13-33)37-14-34/h1-3,8-14,16,26H,4-7H2,(H2,27,28). The molecule has 1 saturated heterocycles. The molecule has 5 aromatic rings. The van der Waals surface area contributed by atoms with E-state index in [0.29, 0.717) is 43.1 Å². The van der Waals surface area contributed by atoms with Crippen LogP contribution in [0, 0.1) is 0 Å². The van der Waals surface area contributed by atoms with Gasteiger partial charge < -0.3 is 24.5 Å². The zero-order valence-electron chi connectivity index (χ0n) is 20.4. The fourth-order valence-electron chi connectivity index (χ4n) is 4.92. The summed E-state index contributed by atoms with van der Waals surface area (Å²) in [5.41, 5.74) is 11.9. The molecule has 1 aliphatic rings. The Bertz CT molecular complexity index is 1670. The number of carbonyl (C=O) groups is 3. The third-order valence-corrected chi connectivity index (χ3v) is 7.63. The van der Waals surface area contributed by atoms with Gasteiger partial charge in [-0.25, -0.2) is 9.97 Å². The first-order chi connectivity index (χ1) is 19.1. The number of amides is 1. The van der Waals surface area contributed by atoms with E-state index < -0.39 is 12.2 Å². The van der Waals surface area contributed by atoms with Crippen molar-refractivity contribution in [3.05, 3.63) is 48.4 Å². The molecule has 0 bridgehead atoms. The van der Waals surface area contributed by atoms with Crippen LogP contribution < -0.4 is 5.73 Å². The molecular formula is C26H22N6O6S. The van der Waals surface area contributed by atoms with Gasteiger partial charge in [0.15, 0.2) is 11.4 Å². The van der Waals surface area contributed by atoms with E-state index in [-0.39, 0.29) is 19.0 Å². The summed E-state index contributed by atoms with van der Waals surface area (Å²) in [5.74, 6) is 0.376. The summed E-state index contributed by atoms with van der Waals surface area (Å²) < 4.78 is 18.3. The summed E-state index contributed by atoms with van der Waals surface area (Å²) in [6, 6.07) is 7.96. The monoisotopic (exact) mass is 546 g/mol. The van der Waals surface area contributed by atoms with E-state index in [1.54, 1.807) is 23.7 Å². The number of rotatable bonds is 8. The lowest BCUT2D eigenvalue weighted by Crippen LogP contribution is -2.45. The molecule has 0 unspecified atom stereocenters. The highest BCUT2D eigenvalue weighted by Crippen LogP contribution is 2.39. The third-order valence-electron chi connectivity index (χ3n) is 6.84. The fourth-order valence-corrected chi connectivity index (χ4v) is 5.62. The molecular weight excluding hydrogens is 524 g/mol. The summed E-state index contributed by atoms with van der Waals surface area (Å²) in [7, 11) is 0. The molecule has 4 aromatic heterocycles. The predicted molar refractivity (Wildman–Crippen MR) is 141 cm³/mol. The Hall–Kier alpha value is -4.78. The van der Waals surface area contributed by atoms with Crippen LogP contribution in [-0.2, 0) is 23.9 Å². The molecule has 1 amide bonds. The van der Waals surface area contributed by atoms with Crippen LogP contribution in [-0.4, -0.2) is 62.9 Å². The number of para-hydroxylation sites is 1. The van der Waals surface area contributed by atoms with Crippen LogP contribution in [0.15, 0.2) is 52.8 Å². The summed E-state index contributed by atoms with van der Waals surface area (Å²) in [4.78, 5) is 44.1. The minimum Gasteiger partial charge on any atom is -0.452 e. The molecule has 0 aliphatic carbocycles. The smallest absolute Gasteiger partial charge is 0.325 e. The van der Waals surface area contributed by atoms with Crippen molar-refractivity contribution in [3.8, 4) is 22.5 Å². The first-order valence-electron chi connectivity index (χ1n) is 12.1. The second-order valence-corrected chi connectivity index (χ2v) is 9.86. The van der Waals surface area contributed by atoms with E-state index in [9.17, 15) is 14.4 Å². The Kier molecular flexibility index (Phi) is 6.40. The second kappa shape index (κ2) is 10.2. The van der Waals surface area contributed by atoms with Crippen LogP contribution in [0.1, 0.15) is 18.9 Å². The highest BCUT2D eigenvalue weighted by molar-refractivity contribution is 7.16. The molecule has 0 atom stereocenters. The van der Waals surface area contributed by atoms with Crippen molar-refractivity contribution < 1.29 is 28.3 Å². The maximum Gasteiger partial charge on any atom is 0.325 e. The van der Waals surface area contributed by atoms with E-state index >= 15 is 0 Å².